The molecule has 4 heteroatoms. The zero-order valence-corrected chi connectivity index (χ0v) is 17.4. The highest BCUT2D eigenvalue weighted by molar-refractivity contribution is 7.95. The van der Waals surface area contributed by atoms with Crippen LogP contribution in [0.2, 0.25) is 0 Å². The van der Waals surface area contributed by atoms with Crippen molar-refractivity contribution < 1.29 is 12.4 Å². The van der Waals surface area contributed by atoms with E-state index in [1.54, 1.807) is 0 Å². The number of hydrogen-bond donors (Lipinski definition) is 0. The topological polar surface area (TPSA) is 25.8 Å². The highest BCUT2D eigenvalue weighted by atomic mass is 35.5. The number of halogens is 1. The minimum absolute atomic E-state index is 0. The van der Waals surface area contributed by atoms with Gasteiger partial charge in [-0.2, -0.15) is 0 Å². The van der Waals surface area contributed by atoms with Gasteiger partial charge in [-0.3, -0.25) is 9.97 Å². The standard InChI is InChI=1S/C24H22N2P.ClH/c1-20-17-25-18-21(26-20)19-27(22-11-5-2-6-12-22,23-13-7-3-8-14-23)24-15-9-4-10-16-24;/h2-18H,19H2,1H3;1H/q+1;/p-1. The lowest BCUT2D eigenvalue weighted by atomic mass is 10.3. The lowest BCUT2D eigenvalue weighted by Gasteiger charge is -2.27. The average molecular weight is 405 g/mol. The largest absolute Gasteiger partial charge is 1.00 e. The first kappa shape index (κ1) is 20.2. The quantitative estimate of drug-likeness (QED) is 0.468. The molecular weight excluding hydrogens is 383 g/mol. The molecule has 1 heterocycles. The van der Waals surface area contributed by atoms with E-state index in [-0.39, 0.29) is 12.4 Å². The van der Waals surface area contributed by atoms with E-state index >= 15 is 0 Å². The van der Waals surface area contributed by atoms with Gasteiger partial charge in [0.05, 0.1) is 17.6 Å². The van der Waals surface area contributed by atoms with Gasteiger partial charge < -0.3 is 12.4 Å². The maximum atomic E-state index is 4.80. The van der Waals surface area contributed by atoms with Crippen LogP contribution in [0.5, 0.6) is 0 Å². The number of nitrogens with zero attached hydrogens (tertiary/aromatic N) is 2. The molecule has 0 fully saturated rings. The third kappa shape index (κ3) is 3.99. The monoisotopic (exact) mass is 404 g/mol. The van der Waals surface area contributed by atoms with Gasteiger partial charge in [-0.1, -0.05) is 54.6 Å². The van der Waals surface area contributed by atoms with Crippen LogP contribution in [0.25, 0.3) is 0 Å². The summed E-state index contributed by atoms with van der Waals surface area (Å²) in [5, 5.41) is 4.10. The molecule has 0 aliphatic rings. The Balaban J connectivity index is 0.00000225. The lowest BCUT2D eigenvalue weighted by molar-refractivity contribution is -0.00000553. The van der Waals surface area contributed by atoms with Gasteiger partial charge in [0.2, 0.25) is 0 Å². The second kappa shape index (κ2) is 9.10. The highest BCUT2D eigenvalue weighted by Gasteiger charge is 2.45. The molecule has 0 saturated heterocycles. The summed E-state index contributed by atoms with van der Waals surface area (Å²) >= 11 is 0. The zero-order chi connectivity index (χ0) is 18.5. The predicted octanol–water partition coefficient (Wildman–Crippen LogP) is 1.28. The van der Waals surface area contributed by atoms with Crippen LogP contribution in [-0.2, 0) is 6.16 Å². The second-order valence-corrected chi connectivity index (χ2v) is 10.1. The molecule has 0 amide bonds. The minimum atomic E-state index is -1.90. The smallest absolute Gasteiger partial charge is 0.118 e. The van der Waals surface area contributed by atoms with E-state index in [1.807, 2.05) is 19.3 Å². The molecule has 4 aromatic rings. The molecule has 3 aromatic carbocycles. The molecule has 0 spiro atoms. The molecule has 140 valence electrons. The first-order chi connectivity index (χ1) is 13.3. The second-order valence-electron chi connectivity index (χ2n) is 6.63. The Kier molecular flexibility index (Phi) is 6.57. The van der Waals surface area contributed by atoms with Gasteiger partial charge >= 0.3 is 0 Å². The molecule has 0 atom stereocenters. The normalized spacial score (nSPS) is 10.9. The maximum Gasteiger partial charge on any atom is 0.118 e. The van der Waals surface area contributed by atoms with E-state index in [2.05, 4.69) is 96.0 Å². The third-order valence-corrected chi connectivity index (χ3v) is 9.13. The average Bonchev–Trinajstić information content (AvgIpc) is 2.74. The van der Waals surface area contributed by atoms with Gasteiger partial charge in [0, 0.05) is 6.20 Å². The summed E-state index contributed by atoms with van der Waals surface area (Å²) in [6.45, 7) is 2.00. The van der Waals surface area contributed by atoms with E-state index in [0.717, 1.165) is 17.5 Å². The van der Waals surface area contributed by atoms with Crippen molar-refractivity contribution in [3.63, 3.8) is 0 Å². The van der Waals surface area contributed by atoms with E-state index in [4.69, 9.17) is 4.98 Å². The van der Waals surface area contributed by atoms with Crippen LogP contribution in [0.15, 0.2) is 103 Å². The molecule has 0 saturated carbocycles. The fraction of sp³-hybridized carbons (Fsp3) is 0.0833. The van der Waals surface area contributed by atoms with Crippen molar-refractivity contribution in [3.05, 3.63) is 115 Å². The number of aryl methyl sites for hydroxylation is 1. The third-order valence-electron chi connectivity index (χ3n) is 4.79. The maximum absolute atomic E-state index is 4.80. The van der Waals surface area contributed by atoms with Gasteiger partial charge in [-0.15, -0.1) is 0 Å². The first-order valence-corrected chi connectivity index (χ1v) is 11.1. The van der Waals surface area contributed by atoms with Crippen LogP contribution in [0, 0.1) is 6.92 Å². The number of benzene rings is 3. The molecule has 1 aromatic heterocycles. The molecule has 4 rings (SSSR count). The number of hydrogen-bond acceptors (Lipinski definition) is 2. The Bertz CT molecular complexity index is 912. The molecular formula is C24H22ClN2P. The Labute approximate surface area is 173 Å². The van der Waals surface area contributed by atoms with Crippen molar-refractivity contribution in [3.8, 4) is 0 Å². The molecule has 0 N–H and O–H groups in total. The van der Waals surface area contributed by atoms with E-state index < -0.39 is 7.26 Å². The summed E-state index contributed by atoms with van der Waals surface area (Å²) < 4.78 is 0. The zero-order valence-electron chi connectivity index (χ0n) is 15.7. The van der Waals surface area contributed by atoms with Crippen LogP contribution in [0.4, 0.5) is 0 Å². The van der Waals surface area contributed by atoms with Crippen LogP contribution >= 0.6 is 7.26 Å². The Morgan fingerprint density at radius 1 is 0.643 bits per heavy atom. The fourth-order valence-corrected chi connectivity index (χ4v) is 7.73. The van der Waals surface area contributed by atoms with Gasteiger partial charge in [0.1, 0.15) is 29.3 Å². The summed E-state index contributed by atoms with van der Waals surface area (Å²) in [6, 6.07) is 32.6. The molecule has 0 aliphatic carbocycles. The fourth-order valence-electron chi connectivity index (χ4n) is 3.60. The van der Waals surface area contributed by atoms with Gasteiger partial charge in [-0.05, 0) is 43.3 Å². The van der Waals surface area contributed by atoms with E-state index in [0.29, 0.717) is 0 Å². The van der Waals surface area contributed by atoms with E-state index in [1.165, 1.54) is 15.9 Å². The van der Waals surface area contributed by atoms with Crippen molar-refractivity contribution in [2.75, 3.05) is 0 Å². The summed E-state index contributed by atoms with van der Waals surface area (Å²) in [5.41, 5.74) is 2.00. The Morgan fingerprint density at radius 2 is 1.07 bits per heavy atom. The Morgan fingerprint density at radius 3 is 1.46 bits per heavy atom. The van der Waals surface area contributed by atoms with Crippen molar-refractivity contribution in [1.82, 2.24) is 9.97 Å². The molecule has 28 heavy (non-hydrogen) atoms. The molecule has 0 unspecified atom stereocenters. The molecule has 0 aliphatic heterocycles. The molecule has 0 radical (unpaired) electrons. The Hall–Kier alpha value is -2.54. The predicted molar refractivity (Wildman–Crippen MR) is 116 cm³/mol. The van der Waals surface area contributed by atoms with Crippen LogP contribution < -0.4 is 28.3 Å². The highest BCUT2D eigenvalue weighted by Crippen LogP contribution is 2.57. The lowest BCUT2D eigenvalue weighted by Crippen LogP contribution is -3.00. The molecule has 2 nitrogen and oxygen atoms in total. The SMILES string of the molecule is Cc1cncc(C[P+](c2ccccc2)(c2ccccc2)c2ccccc2)n1.[Cl-]. The van der Waals surface area contributed by atoms with Crippen molar-refractivity contribution in [2.24, 2.45) is 0 Å². The van der Waals surface area contributed by atoms with Crippen molar-refractivity contribution >= 4 is 23.2 Å². The van der Waals surface area contributed by atoms with Crippen LogP contribution in [0.1, 0.15) is 11.4 Å². The van der Waals surface area contributed by atoms with Crippen LogP contribution in [0.3, 0.4) is 0 Å². The summed E-state index contributed by atoms with van der Waals surface area (Å²) in [4.78, 5) is 9.20. The minimum Gasteiger partial charge on any atom is -1.00 e. The van der Waals surface area contributed by atoms with Crippen molar-refractivity contribution in [1.29, 1.82) is 0 Å². The number of aromatic nitrogens is 2. The van der Waals surface area contributed by atoms with Crippen molar-refractivity contribution in [2.45, 2.75) is 13.1 Å². The summed E-state index contributed by atoms with van der Waals surface area (Å²) in [6.07, 6.45) is 4.59. The van der Waals surface area contributed by atoms with Gasteiger partial charge in [0.15, 0.2) is 0 Å². The summed E-state index contributed by atoms with van der Waals surface area (Å²) in [7, 11) is -1.90. The van der Waals surface area contributed by atoms with E-state index in [9.17, 15) is 0 Å². The van der Waals surface area contributed by atoms with Crippen LogP contribution in [-0.4, -0.2) is 9.97 Å². The summed E-state index contributed by atoms with van der Waals surface area (Å²) in [5.74, 6) is 0. The van der Waals surface area contributed by atoms with Gasteiger partial charge in [-0.25, -0.2) is 0 Å². The first-order valence-electron chi connectivity index (χ1n) is 9.11. The van der Waals surface area contributed by atoms with Gasteiger partial charge in [0.25, 0.3) is 0 Å². The molecule has 0 bridgehead atoms. The number of rotatable bonds is 5.